The Morgan fingerprint density at radius 1 is 1.38 bits per heavy atom. The molecule has 1 aromatic carbocycles. The number of carbonyl (C=O) groups is 1. The summed E-state index contributed by atoms with van der Waals surface area (Å²) in [5.41, 5.74) is 4.52. The summed E-state index contributed by atoms with van der Waals surface area (Å²) < 4.78 is 38.5. The highest BCUT2D eigenvalue weighted by Gasteiger charge is 2.34. The van der Waals surface area contributed by atoms with E-state index in [1.807, 2.05) is 0 Å². The molecule has 0 saturated carbocycles. The number of nitrogens with one attached hydrogen (secondary N) is 1. The van der Waals surface area contributed by atoms with Gasteiger partial charge in [-0.25, -0.2) is 0 Å². The first-order chi connectivity index (χ1) is 9.54. The molecule has 0 fully saturated rings. The zero-order chi connectivity index (χ0) is 16.4. The zero-order valence-electron chi connectivity index (χ0n) is 11.8. The molecule has 0 aliphatic rings. The van der Waals surface area contributed by atoms with Crippen LogP contribution in [0.2, 0.25) is 0 Å². The summed E-state index contributed by atoms with van der Waals surface area (Å²) in [4.78, 5) is 12.8. The minimum absolute atomic E-state index is 0.202. The Balaban J connectivity index is 3.10. The molecule has 0 aliphatic carbocycles. The lowest BCUT2D eigenvalue weighted by molar-refractivity contribution is -0.137. The molecule has 3 N–H and O–H groups in total. The lowest BCUT2D eigenvalue weighted by Crippen LogP contribution is -2.36. The number of likely N-dealkylation sites (N-methyl/N-ethyl adjacent to an activating group) is 1. The molecule has 0 spiro atoms. The molecule has 1 rings (SSSR count). The number of nitrogens with zero attached hydrogens (tertiary/aromatic N) is 1. The van der Waals surface area contributed by atoms with Gasteiger partial charge in [0.2, 0.25) is 5.91 Å². The van der Waals surface area contributed by atoms with Gasteiger partial charge in [0.05, 0.1) is 5.56 Å². The molecule has 1 aromatic rings. The van der Waals surface area contributed by atoms with Crippen molar-refractivity contribution in [2.24, 2.45) is 5.73 Å². The molecule has 0 bridgehead atoms. The molecule has 0 aromatic heterocycles. The van der Waals surface area contributed by atoms with Crippen molar-refractivity contribution in [2.45, 2.75) is 19.1 Å². The van der Waals surface area contributed by atoms with Crippen molar-refractivity contribution in [3.63, 3.8) is 0 Å². The first kappa shape index (κ1) is 17.2. The summed E-state index contributed by atoms with van der Waals surface area (Å²) in [6.07, 6.45) is -4.54. The monoisotopic (exact) mass is 319 g/mol. The van der Waals surface area contributed by atoms with Crippen LogP contribution < -0.4 is 11.1 Å². The van der Waals surface area contributed by atoms with E-state index in [0.717, 1.165) is 6.07 Å². The smallest absolute Gasteiger partial charge is 0.389 e. The van der Waals surface area contributed by atoms with Crippen molar-refractivity contribution >= 4 is 28.8 Å². The normalized spacial score (nSPS) is 12.7. The highest BCUT2D eigenvalue weighted by molar-refractivity contribution is 7.80. The van der Waals surface area contributed by atoms with E-state index in [-0.39, 0.29) is 16.5 Å². The number of benzene rings is 1. The average molecular weight is 319 g/mol. The van der Waals surface area contributed by atoms with Crippen LogP contribution in [-0.2, 0) is 11.0 Å². The summed E-state index contributed by atoms with van der Waals surface area (Å²) in [7, 11) is 3.18. The molecule has 0 radical (unpaired) electrons. The third-order valence-electron chi connectivity index (χ3n) is 2.78. The van der Waals surface area contributed by atoms with E-state index in [0.29, 0.717) is 5.69 Å². The van der Waals surface area contributed by atoms with E-state index < -0.39 is 17.8 Å². The van der Waals surface area contributed by atoms with Gasteiger partial charge in [-0.15, -0.1) is 0 Å². The predicted molar refractivity (Wildman–Crippen MR) is 79.1 cm³/mol. The highest BCUT2D eigenvalue weighted by atomic mass is 32.1. The summed E-state index contributed by atoms with van der Waals surface area (Å²) in [6, 6.07) is 2.74. The SMILES string of the molecule is CC(Nc1ccc(C(F)(F)F)c(C(N)=S)c1)C(=O)N(C)C. The van der Waals surface area contributed by atoms with E-state index in [2.05, 4.69) is 17.5 Å². The van der Waals surface area contributed by atoms with Crippen LogP contribution in [0.4, 0.5) is 18.9 Å². The standard InChI is InChI=1S/C13H16F3N3OS/c1-7(12(20)19(2)3)18-8-4-5-10(13(14,15)16)9(6-8)11(17)21/h4-7,18H,1-3H3,(H2,17,21). The Morgan fingerprint density at radius 2 is 1.95 bits per heavy atom. The first-order valence-electron chi connectivity index (χ1n) is 6.02. The second-order valence-electron chi connectivity index (χ2n) is 4.72. The average Bonchev–Trinajstić information content (AvgIpc) is 2.36. The largest absolute Gasteiger partial charge is 0.417 e. The number of nitrogens with two attached hydrogens (primary N) is 1. The van der Waals surface area contributed by atoms with Gasteiger partial charge in [-0.2, -0.15) is 13.2 Å². The summed E-state index contributed by atoms with van der Waals surface area (Å²) in [6.45, 7) is 1.61. The molecule has 1 atom stereocenters. The van der Waals surface area contributed by atoms with Gasteiger partial charge in [-0.3, -0.25) is 4.79 Å². The van der Waals surface area contributed by atoms with E-state index in [4.69, 9.17) is 5.73 Å². The summed E-state index contributed by atoms with van der Waals surface area (Å²) in [5, 5.41) is 2.82. The Labute approximate surface area is 126 Å². The first-order valence-corrected chi connectivity index (χ1v) is 6.43. The van der Waals surface area contributed by atoms with Crippen molar-refractivity contribution in [2.75, 3.05) is 19.4 Å². The van der Waals surface area contributed by atoms with Crippen LogP contribution in [0.3, 0.4) is 0 Å². The van der Waals surface area contributed by atoms with Gasteiger partial charge < -0.3 is 16.0 Å². The van der Waals surface area contributed by atoms with Crippen LogP contribution >= 0.6 is 12.2 Å². The number of amides is 1. The van der Waals surface area contributed by atoms with Crippen molar-refractivity contribution in [3.05, 3.63) is 29.3 Å². The highest BCUT2D eigenvalue weighted by Crippen LogP contribution is 2.33. The molecule has 8 heteroatoms. The third-order valence-corrected chi connectivity index (χ3v) is 3.00. The van der Waals surface area contributed by atoms with E-state index in [9.17, 15) is 18.0 Å². The maximum atomic E-state index is 12.8. The molecule has 0 aliphatic heterocycles. The number of thiocarbonyl (C=S) groups is 1. The number of alkyl halides is 3. The van der Waals surface area contributed by atoms with Gasteiger partial charge in [0, 0.05) is 25.3 Å². The molecule has 0 heterocycles. The second kappa shape index (κ2) is 6.30. The minimum atomic E-state index is -4.54. The van der Waals surface area contributed by atoms with Crippen LogP contribution in [0, 0.1) is 0 Å². The van der Waals surface area contributed by atoms with Crippen molar-refractivity contribution in [1.29, 1.82) is 0 Å². The van der Waals surface area contributed by atoms with E-state index in [1.54, 1.807) is 21.0 Å². The third kappa shape index (κ3) is 4.32. The van der Waals surface area contributed by atoms with Gasteiger partial charge in [0.1, 0.15) is 11.0 Å². The summed E-state index contributed by atoms with van der Waals surface area (Å²) in [5.74, 6) is -0.202. The van der Waals surface area contributed by atoms with E-state index >= 15 is 0 Å². The van der Waals surface area contributed by atoms with Gasteiger partial charge in [-0.1, -0.05) is 12.2 Å². The number of hydrogen-bond acceptors (Lipinski definition) is 3. The lowest BCUT2D eigenvalue weighted by Gasteiger charge is -2.20. The molecule has 1 unspecified atom stereocenters. The van der Waals surface area contributed by atoms with Crippen molar-refractivity contribution in [3.8, 4) is 0 Å². The predicted octanol–water partition coefficient (Wildman–Crippen LogP) is 2.23. The fourth-order valence-corrected chi connectivity index (χ4v) is 1.95. The van der Waals surface area contributed by atoms with Crippen LogP contribution in [0.15, 0.2) is 18.2 Å². The Morgan fingerprint density at radius 3 is 2.38 bits per heavy atom. The summed E-state index contributed by atoms with van der Waals surface area (Å²) >= 11 is 4.66. The number of halogens is 3. The Kier molecular flexibility index (Phi) is 5.16. The van der Waals surface area contributed by atoms with Crippen LogP contribution in [-0.4, -0.2) is 35.9 Å². The maximum absolute atomic E-state index is 12.8. The van der Waals surface area contributed by atoms with Crippen LogP contribution in [0.1, 0.15) is 18.1 Å². The van der Waals surface area contributed by atoms with Crippen LogP contribution in [0.25, 0.3) is 0 Å². The molecule has 0 saturated heterocycles. The Bertz CT molecular complexity index is 558. The molecule has 116 valence electrons. The van der Waals surface area contributed by atoms with Gasteiger partial charge in [-0.05, 0) is 25.1 Å². The lowest BCUT2D eigenvalue weighted by atomic mass is 10.1. The van der Waals surface area contributed by atoms with Crippen molar-refractivity contribution < 1.29 is 18.0 Å². The number of rotatable bonds is 4. The van der Waals surface area contributed by atoms with Gasteiger partial charge >= 0.3 is 6.18 Å². The fraction of sp³-hybridized carbons (Fsp3) is 0.385. The fourth-order valence-electron chi connectivity index (χ4n) is 1.78. The molecule has 21 heavy (non-hydrogen) atoms. The molecule has 4 nitrogen and oxygen atoms in total. The second-order valence-corrected chi connectivity index (χ2v) is 5.16. The van der Waals surface area contributed by atoms with Crippen molar-refractivity contribution in [1.82, 2.24) is 4.90 Å². The maximum Gasteiger partial charge on any atom is 0.417 e. The van der Waals surface area contributed by atoms with Crippen LogP contribution in [0.5, 0.6) is 0 Å². The minimum Gasteiger partial charge on any atom is -0.389 e. The molecular formula is C13H16F3N3OS. The van der Waals surface area contributed by atoms with E-state index in [1.165, 1.54) is 17.0 Å². The quantitative estimate of drug-likeness (QED) is 0.836. The number of hydrogen-bond donors (Lipinski definition) is 2. The van der Waals surface area contributed by atoms with Gasteiger partial charge in [0.25, 0.3) is 0 Å². The molecular weight excluding hydrogens is 303 g/mol. The Hall–Kier alpha value is -1.83. The zero-order valence-corrected chi connectivity index (χ0v) is 12.6. The number of carbonyl (C=O) groups excluding carboxylic acids is 1. The van der Waals surface area contributed by atoms with Gasteiger partial charge in [0.15, 0.2) is 0 Å². The molecule has 1 amide bonds. The topological polar surface area (TPSA) is 58.4 Å². The number of anilines is 1.